The lowest BCUT2D eigenvalue weighted by molar-refractivity contribution is 0.0951. The molecule has 19 heavy (non-hydrogen) atoms. The van der Waals surface area contributed by atoms with Crippen molar-refractivity contribution in [2.24, 2.45) is 5.92 Å². The van der Waals surface area contributed by atoms with E-state index in [-0.39, 0.29) is 12.5 Å². The molecule has 5 nitrogen and oxygen atoms in total. The van der Waals surface area contributed by atoms with E-state index >= 15 is 0 Å². The first-order chi connectivity index (χ1) is 9.24. The van der Waals surface area contributed by atoms with E-state index < -0.39 is 0 Å². The lowest BCUT2D eigenvalue weighted by atomic mass is 9.97. The van der Waals surface area contributed by atoms with Gasteiger partial charge in [0.15, 0.2) is 0 Å². The Bertz CT molecular complexity index is 428. The maximum Gasteiger partial charge on any atom is 0.269 e. The summed E-state index contributed by atoms with van der Waals surface area (Å²) in [6.07, 6.45) is 3.67. The molecule has 1 aliphatic rings. The van der Waals surface area contributed by atoms with E-state index in [1.165, 1.54) is 0 Å². The number of anilines is 1. The quantitative estimate of drug-likeness (QED) is 0.852. The molecule has 0 saturated carbocycles. The van der Waals surface area contributed by atoms with Crippen molar-refractivity contribution in [1.82, 2.24) is 10.3 Å². The average molecular weight is 263 g/mol. The molecule has 1 aliphatic heterocycles. The second kappa shape index (κ2) is 6.52. The molecular weight excluding hydrogens is 242 g/mol. The summed E-state index contributed by atoms with van der Waals surface area (Å²) in [6, 6.07) is 3.77. The van der Waals surface area contributed by atoms with Crippen LogP contribution in [0.25, 0.3) is 0 Å². The van der Waals surface area contributed by atoms with Crippen molar-refractivity contribution >= 4 is 11.6 Å². The smallest absolute Gasteiger partial charge is 0.269 e. The van der Waals surface area contributed by atoms with Crippen LogP contribution in [0.3, 0.4) is 0 Å². The van der Waals surface area contributed by atoms with Crippen molar-refractivity contribution in [3.05, 3.63) is 24.0 Å². The molecular formula is C14H21N3O2. The Morgan fingerprint density at radius 1 is 1.53 bits per heavy atom. The van der Waals surface area contributed by atoms with Gasteiger partial charge in [-0.2, -0.15) is 0 Å². The standard InChI is InChI=1S/C14H21N3O2/c1-2-15-14(19)13-9-12(3-6-16-13)17-7-4-11(10-18)5-8-17/h3,6,9,11,18H,2,4-5,7-8,10H2,1H3,(H,15,19). The fraction of sp³-hybridized carbons (Fsp3) is 0.571. The van der Waals surface area contributed by atoms with Crippen molar-refractivity contribution in [3.8, 4) is 0 Å². The van der Waals surface area contributed by atoms with E-state index in [0.717, 1.165) is 31.6 Å². The van der Waals surface area contributed by atoms with Crippen LogP contribution in [0.5, 0.6) is 0 Å². The number of aromatic nitrogens is 1. The molecule has 0 spiro atoms. The first-order valence-corrected chi connectivity index (χ1v) is 6.84. The first kappa shape index (κ1) is 13.8. The number of rotatable bonds is 4. The lowest BCUT2D eigenvalue weighted by Gasteiger charge is -2.32. The first-order valence-electron chi connectivity index (χ1n) is 6.84. The zero-order valence-electron chi connectivity index (χ0n) is 11.3. The van der Waals surface area contributed by atoms with Gasteiger partial charge in [0, 0.05) is 38.1 Å². The Kier molecular flexibility index (Phi) is 4.74. The molecule has 1 aromatic heterocycles. The predicted molar refractivity (Wildman–Crippen MR) is 74.3 cm³/mol. The highest BCUT2D eigenvalue weighted by molar-refractivity contribution is 5.93. The number of amides is 1. The summed E-state index contributed by atoms with van der Waals surface area (Å²) in [6.45, 7) is 4.61. The fourth-order valence-electron chi connectivity index (χ4n) is 2.37. The molecule has 1 saturated heterocycles. The van der Waals surface area contributed by atoms with Crippen molar-refractivity contribution in [1.29, 1.82) is 0 Å². The minimum Gasteiger partial charge on any atom is -0.396 e. The van der Waals surface area contributed by atoms with Gasteiger partial charge < -0.3 is 15.3 Å². The molecule has 1 fully saturated rings. The van der Waals surface area contributed by atoms with Gasteiger partial charge in [-0.15, -0.1) is 0 Å². The zero-order chi connectivity index (χ0) is 13.7. The highest BCUT2D eigenvalue weighted by Crippen LogP contribution is 2.23. The number of nitrogens with one attached hydrogen (secondary N) is 1. The maximum absolute atomic E-state index is 11.8. The van der Waals surface area contributed by atoms with Crippen LogP contribution in [0.4, 0.5) is 5.69 Å². The maximum atomic E-state index is 11.8. The fourth-order valence-corrected chi connectivity index (χ4v) is 2.37. The zero-order valence-corrected chi connectivity index (χ0v) is 11.3. The Hall–Kier alpha value is -1.62. The van der Waals surface area contributed by atoms with Crippen LogP contribution in [-0.4, -0.2) is 42.2 Å². The van der Waals surface area contributed by atoms with E-state index in [4.69, 9.17) is 5.11 Å². The molecule has 104 valence electrons. The second-order valence-electron chi connectivity index (χ2n) is 4.87. The van der Waals surface area contributed by atoms with E-state index in [2.05, 4.69) is 15.2 Å². The van der Waals surface area contributed by atoms with Crippen LogP contribution in [0.15, 0.2) is 18.3 Å². The van der Waals surface area contributed by atoms with Crippen LogP contribution in [-0.2, 0) is 0 Å². The van der Waals surface area contributed by atoms with Crippen LogP contribution in [0.2, 0.25) is 0 Å². The van der Waals surface area contributed by atoms with Crippen LogP contribution >= 0.6 is 0 Å². The number of carbonyl (C=O) groups is 1. The average Bonchev–Trinajstić information content (AvgIpc) is 2.48. The molecule has 0 aromatic carbocycles. The second-order valence-corrected chi connectivity index (χ2v) is 4.87. The number of hydrogen-bond acceptors (Lipinski definition) is 4. The molecule has 0 aliphatic carbocycles. The highest BCUT2D eigenvalue weighted by Gasteiger charge is 2.19. The molecule has 2 N–H and O–H groups in total. The van der Waals surface area contributed by atoms with Gasteiger partial charge >= 0.3 is 0 Å². The monoisotopic (exact) mass is 263 g/mol. The van der Waals surface area contributed by atoms with Gasteiger partial charge in [-0.25, -0.2) is 0 Å². The molecule has 5 heteroatoms. The van der Waals surface area contributed by atoms with Gasteiger partial charge in [-0.3, -0.25) is 9.78 Å². The SMILES string of the molecule is CCNC(=O)c1cc(N2CCC(CO)CC2)ccn1. The number of hydrogen-bond donors (Lipinski definition) is 2. The minimum atomic E-state index is -0.130. The Balaban J connectivity index is 2.05. The van der Waals surface area contributed by atoms with Crippen LogP contribution < -0.4 is 10.2 Å². The number of aliphatic hydroxyl groups is 1. The lowest BCUT2D eigenvalue weighted by Crippen LogP contribution is -2.35. The van der Waals surface area contributed by atoms with Gasteiger partial charge in [-0.1, -0.05) is 0 Å². The molecule has 0 radical (unpaired) electrons. The van der Waals surface area contributed by atoms with Crippen molar-refractivity contribution in [2.75, 3.05) is 31.1 Å². The highest BCUT2D eigenvalue weighted by atomic mass is 16.3. The summed E-state index contributed by atoms with van der Waals surface area (Å²) >= 11 is 0. The Labute approximate surface area is 113 Å². The van der Waals surface area contributed by atoms with Gasteiger partial charge in [0.2, 0.25) is 0 Å². The topological polar surface area (TPSA) is 65.5 Å². The summed E-state index contributed by atoms with van der Waals surface area (Å²) in [4.78, 5) is 18.1. The van der Waals surface area contributed by atoms with Gasteiger partial charge in [0.25, 0.3) is 5.91 Å². The van der Waals surface area contributed by atoms with Gasteiger partial charge in [0.1, 0.15) is 5.69 Å². The number of piperidine rings is 1. The largest absolute Gasteiger partial charge is 0.396 e. The third-order valence-corrected chi connectivity index (χ3v) is 3.55. The normalized spacial score (nSPS) is 16.4. The number of pyridine rings is 1. The molecule has 0 atom stereocenters. The molecule has 0 bridgehead atoms. The number of aliphatic hydroxyl groups excluding tert-OH is 1. The van der Waals surface area contributed by atoms with Gasteiger partial charge in [0.05, 0.1) is 0 Å². The summed E-state index contributed by atoms with van der Waals surface area (Å²) in [5.74, 6) is 0.288. The Morgan fingerprint density at radius 3 is 2.89 bits per heavy atom. The van der Waals surface area contributed by atoms with Crippen LogP contribution in [0, 0.1) is 5.92 Å². The summed E-state index contributed by atoms with van der Waals surface area (Å²) in [5.41, 5.74) is 1.50. The van der Waals surface area contributed by atoms with Crippen molar-refractivity contribution in [3.63, 3.8) is 0 Å². The summed E-state index contributed by atoms with van der Waals surface area (Å²) < 4.78 is 0. The van der Waals surface area contributed by atoms with Gasteiger partial charge in [-0.05, 0) is 37.8 Å². The number of carbonyl (C=O) groups excluding carboxylic acids is 1. The molecule has 1 aromatic rings. The molecule has 1 amide bonds. The van der Waals surface area contributed by atoms with Crippen molar-refractivity contribution < 1.29 is 9.90 Å². The third-order valence-electron chi connectivity index (χ3n) is 3.55. The molecule has 2 heterocycles. The Morgan fingerprint density at radius 2 is 2.26 bits per heavy atom. The van der Waals surface area contributed by atoms with E-state index in [0.29, 0.717) is 18.2 Å². The van der Waals surface area contributed by atoms with E-state index in [9.17, 15) is 4.79 Å². The summed E-state index contributed by atoms with van der Waals surface area (Å²) in [5, 5.41) is 11.9. The predicted octanol–water partition coefficient (Wildman–Crippen LogP) is 1.04. The van der Waals surface area contributed by atoms with E-state index in [1.54, 1.807) is 6.20 Å². The van der Waals surface area contributed by atoms with E-state index in [1.807, 2.05) is 19.1 Å². The van der Waals surface area contributed by atoms with Crippen molar-refractivity contribution in [2.45, 2.75) is 19.8 Å². The molecule has 2 rings (SSSR count). The third kappa shape index (κ3) is 3.44. The molecule has 0 unspecified atom stereocenters. The van der Waals surface area contributed by atoms with Crippen LogP contribution in [0.1, 0.15) is 30.3 Å². The summed E-state index contributed by atoms with van der Waals surface area (Å²) in [7, 11) is 0. The number of nitrogens with zero attached hydrogens (tertiary/aromatic N) is 2. The minimum absolute atomic E-state index is 0.130.